The maximum absolute atomic E-state index is 10.8. The number of H-pyrrole nitrogens is 1. The van der Waals surface area contributed by atoms with Gasteiger partial charge >= 0.3 is 0 Å². The average molecular weight is 219 g/mol. The first-order valence-corrected chi connectivity index (χ1v) is 5.35. The van der Waals surface area contributed by atoms with Gasteiger partial charge in [-0.05, 0) is 12.0 Å². The van der Waals surface area contributed by atoms with Crippen molar-refractivity contribution in [3.63, 3.8) is 0 Å². The highest BCUT2D eigenvalue weighted by atomic mass is 32.2. The SMILES string of the molecule is O=c1cc(CCS(=O)(=O)O)cc(O)[nH]1. The van der Waals surface area contributed by atoms with Crippen molar-refractivity contribution in [2.24, 2.45) is 0 Å². The third kappa shape index (κ3) is 3.58. The molecule has 0 radical (unpaired) electrons. The van der Waals surface area contributed by atoms with Crippen LogP contribution in [0.15, 0.2) is 16.9 Å². The van der Waals surface area contributed by atoms with E-state index in [0.29, 0.717) is 5.56 Å². The van der Waals surface area contributed by atoms with E-state index in [4.69, 9.17) is 9.66 Å². The summed E-state index contributed by atoms with van der Waals surface area (Å²) in [7, 11) is -4.04. The second-order valence-corrected chi connectivity index (χ2v) is 4.35. The first-order valence-electron chi connectivity index (χ1n) is 3.74. The first kappa shape index (κ1) is 10.7. The third-order valence-electron chi connectivity index (χ3n) is 1.54. The molecule has 0 saturated carbocycles. The molecule has 6 nitrogen and oxygen atoms in total. The Bertz CT molecular complexity index is 475. The van der Waals surface area contributed by atoms with Crippen molar-refractivity contribution in [2.45, 2.75) is 6.42 Å². The highest BCUT2D eigenvalue weighted by Gasteiger charge is 2.06. The van der Waals surface area contributed by atoms with Crippen LogP contribution in [0.2, 0.25) is 0 Å². The van der Waals surface area contributed by atoms with E-state index in [-0.39, 0.29) is 12.3 Å². The van der Waals surface area contributed by atoms with Crippen molar-refractivity contribution < 1.29 is 18.1 Å². The van der Waals surface area contributed by atoms with Crippen molar-refractivity contribution in [1.82, 2.24) is 4.98 Å². The molecule has 3 N–H and O–H groups in total. The smallest absolute Gasteiger partial charge is 0.265 e. The maximum Gasteiger partial charge on any atom is 0.265 e. The fraction of sp³-hybridized carbons (Fsp3) is 0.286. The Morgan fingerprint density at radius 1 is 1.36 bits per heavy atom. The summed E-state index contributed by atoms with van der Waals surface area (Å²) in [6.45, 7) is 0. The third-order valence-corrected chi connectivity index (χ3v) is 2.26. The predicted molar refractivity (Wildman–Crippen MR) is 48.8 cm³/mol. The topological polar surface area (TPSA) is 107 Å². The molecule has 0 saturated heterocycles. The van der Waals surface area contributed by atoms with E-state index in [1.54, 1.807) is 0 Å². The van der Waals surface area contributed by atoms with Crippen LogP contribution in [0, 0.1) is 0 Å². The number of pyridine rings is 1. The zero-order chi connectivity index (χ0) is 10.8. The Balaban J connectivity index is 2.83. The molecule has 1 aromatic rings. The first-order chi connectivity index (χ1) is 6.37. The summed E-state index contributed by atoms with van der Waals surface area (Å²) < 4.78 is 29.2. The van der Waals surface area contributed by atoms with Crippen LogP contribution in [0.4, 0.5) is 0 Å². The van der Waals surface area contributed by atoms with Gasteiger partial charge in [0.25, 0.3) is 15.7 Å². The van der Waals surface area contributed by atoms with Gasteiger partial charge in [-0.3, -0.25) is 14.3 Å². The van der Waals surface area contributed by atoms with E-state index in [1.807, 2.05) is 0 Å². The van der Waals surface area contributed by atoms with E-state index >= 15 is 0 Å². The number of rotatable bonds is 3. The van der Waals surface area contributed by atoms with Crippen molar-refractivity contribution in [2.75, 3.05) is 5.75 Å². The largest absolute Gasteiger partial charge is 0.495 e. The van der Waals surface area contributed by atoms with Gasteiger partial charge in [0.1, 0.15) is 0 Å². The van der Waals surface area contributed by atoms with Crippen LogP contribution in [0.5, 0.6) is 5.88 Å². The number of hydrogen-bond donors (Lipinski definition) is 3. The molecule has 1 rings (SSSR count). The minimum Gasteiger partial charge on any atom is -0.495 e. The fourth-order valence-electron chi connectivity index (χ4n) is 0.975. The maximum atomic E-state index is 10.8. The van der Waals surface area contributed by atoms with Crippen LogP contribution in [0.25, 0.3) is 0 Å². The van der Waals surface area contributed by atoms with Crippen molar-refractivity contribution in [1.29, 1.82) is 0 Å². The van der Waals surface area contributed by atoms with E-state index < -0.39 is 21.4 Å². The van der Waals surface area contributed by atoms with Gasteiger partial charge in [-0.15, -0.1) is 0 Å². The number of aromatic amines is 1. The van der Waals surface area contributed by atoms with Gasteiger partial charge in [0.15, 0.2) is 5.88 Å². The molecular formula is C7H9NO5S. The summed E-state index contributed by atoms with van der Waals surface area (Å²) in [5, 5.41) is 8.96. The summed E-state index contributed by atoms with van der Waals surface area (Å²) in [4.78, 5) is 12.9. The van der Waals surface area contributed by atoms with Gasteiger partial charge in [0.05, 0.1) is 5.75 Å². The van der Waals surface area contributed by atoms with Crippen LogP contribution in [-0.2, 0) is 16.5 Å². The van der Waals surface area contributed by atoms with Crippen LogP contribution < -0.4 is 5.56 Å². The predicted octanol–water partition coefficient (Wildman–Crippen LogP) is -0.489. The van der Waals surface area contributed by atoms with Gasteiger partial charge in [0.2, 0.25) is 0 Å². The minimum atomic E-state index is -4.04. The highest BCUT2D eigenvalue weighted by Crippen LogP contribution is 2.05. The molecule has 1 aromatic heterocycles. The van der Waals surface area contributed by atoms with Gasteiger partial charge in [0, 0.05) is 12.1 Å². The number of nitrogens with one attached hydrogen (secondary N) is 1. The molecular weight excluding hydrogens is 210 g/mol. The zero-order valence-corrected chi connectivity index (χ0v) is 7.91. The molecule has 7 heteroatoms. The Kier molecular flexibility index (Phi) is 2.92. The average Bonchev–Trinajstić information content (AvgIpc) is 1.97. The Hall–Kier alpha value is -1.34. The van der Waals surface area contributed by atoms with Crippen molar-refractivity contribution in [3.8, 4) is 5.88 Å². The molecule has 0 aliphatic rings. The van der Waals surface area contributed by atoms with E-state index in [2.05, 4.69) is 4.98 Å². The molecule has 1 heterocycles. The van der Waals surface area contributed by atoms with Gasteiger partial charge < -0.3 is 5.11 Å². The van der Waals surface area contributed by atoms with E-state index in [0.717, 1.165) is 6.07 Å². The van der Waals surface area contributed by atoms with Gasteiger partial charge in [-0.1, -0.05) is 0 Å². The lowest BCUT2D eigenvalue weighted by molar-refractivity contribution is 0.450. The normalized spacial score (nSPS) is 11.5. The molecule has 0 unspecified atom stereocenters. The monoisotopic (exact) mass is 219 g/mol. The Morgan fingerprint density at radius 2 is 2.00 bits per heavy atom. The van der Waals surface area contributed by atoms with Crippen LogP contribution in [0.3, 0.4) is 0 Å². The van der Waals surface area contributed by atoms with Crippen molar-refractivity contribution >= 4 is 10.1 Å². The lowest BCUT2D eigenvalue weighted by Crippen LogP contribution is -2.10. The second kappa shape index (κ2) is 3.81. The molecule has 0 aliphatic heterocycles. The molecule has 0 aliphatic carbocycles. The highest BCUT2D eigenvalue weighted by molar-refractivity contribution is 7.85. The van der Waals surface area contributed by atoms with Gasteiger partial charge in [-0.25, -0.2) is 0 Å². The molecule has 0 atom stereocenters. The van der Waals surface area contributed by atoms with Crippen LogP contribution in [0.1, 0.15) is 5.56 Å². The molecule has 0 fully saturated rings. The lowest BCUT2D eigenvalue weighted by atomic mass is 10.2. The summed E-state index contributed by atoms with van der Waals surface area (Å²) in [6.07, 6.45) is -0.0175. The van der Waals surface area contributed by atoms with Crippen LogP contribution in [-0.4, -0.2) is 28.8 Å². The Labute approximate surface area is 80.0 Å². The molecule has 0 bridgehead atoms. The van der Waals surface area contributed by atoms with E-state index in [9.17, 15) is 13.2 Å². The fourth-order valence-corrected chi connectivity index (χ4v) is 1.47. The van der Waals surface area contributed by atoms with E-state index in [1.165, 1.54) is 6.07 Å². The standard InChI is InChI=1S/C7H9NO5S/c9-6-3-5(4-7(10)8-6)1-2-14(11,12)13/h3-4H,1-2H2,(H2,8,9,10)(H,11,12,13). The minimum absolute atomic E-state index is 0.0175. The number of aryl methyl sites for hydroxylation is 1. The summed E-state index contributed by atoms with van der Waals surface area (Å²) >= 11 is 0. The number of aromatic nitrogens is 1. The Morgan fingerprint density at radius 3 is 2.50 bits per heavy atom. The summed E-state index contributed by atoms with van der Waals surface area (Å²) in [5.74, 6) is -0.807. The van der Waals surface area contributed by atoms with Crippen LogP contribution >= 0.6 is 0 Å². The van der Waals surface area contributed by atoms with Crippen molar-refractivity contribution in [3.05, 3.63) is 28.0 Å². The summed E-state index contributed by atoms with van der Waals surface area (Å²) in [5.41, 5.74) is -0.167. The molecule has 78 valence electrons. The number of aromatic hydroxyl groups is 1. The molecule has 0 aromatic carbocycles. The summed E-state index contributed by atoms with van der Waals surface area (Å²) in [6, 6.07) is 2.39. The molecule has 14 heavy (non-hydrogen) atoms. The molecule has 0 spiro atoms. The van der Waals surface area contributed by atoms with Gasteiger partial charge in [-0.2, -0.15) is 8.42 Å². The lowest BCUT2D eigenvalue weighted by Gasteiger charge is -1.99. The zero-order valence-electron chi connectivity index (χ0n) is 7.10. The second-order valence-electron chi connectivity index (χ2n) is 2.77. The molecule has 0 amide bonds. The number of hydrogen-bond acceptors (Lipinski definition) is 4. The quantitative estimate of drug-likeness (QED) is 0.594.